The Balaban J connectivity index is 2.21. The van der Waals surface area contributed by atoms with Gasteiger partial charge in [-0.1, -0.05) is 69.9 Å². The second-order valence-corrected chi connectivity index (χ2v) is 10.2. The van der Waals surface area contributed by atoms with Crippen molar-refractivity contribution in [2.45, 2.75) is 113 Å². The lowest BCUT2D eigenvalue weighted by molar-refractivity contribution is 0.564. The van der Waals surface area contributed by atoms with Crippen molar-refractivity contribution in [1.29, 1.82) is 0 Å². The van der Waals surface area contributed by atoms with Gasteiger partial charge in [-0.3, -0.25) is 0 Å². The molecule has 0 aliphatic rings. The number of hydrogen-bond donors (Lipinski definition) is 0. The lowest BCUT2D eigenvalue weighted by Gasteiger charge is -2.03. The molecule has 0 fully saturated rings. The SMILES string of the molecule is CC(C)=CC(C)=CCCC(C)=CCCC(C)=CCCC(C)=CCCC(C)=CCCc1ccoc1. The fourth-order valence-corrected chi connectivity index (χ4v) is 4.01. The first kappa shape index (κ1) is 29.8. The van der Waals surface area contributed by atoms with E-state index in [1.165, 1.54) is 58.3 Å². The van der Waals surface area contributed by atoms with Crippen LogP contribution in [0.5, 0.6) is 0 Å². The van der Waals surface area contributed by atoms with Crippen molar-refractivity contribution in [3.8, 4) is 0 Å². The molecule has 0 aliphatic carbocycles. The highest BCUT2D eigenvalue weighted by Gasteiger charge is 1.96. The van der Waals surface area contributed by atoms with Crippen molar-refractivity contribution >= 4 is 0 Å². The highest BCUT2D eigenvalue weighted by molar-refractivity contribution is 5.20. The standard InChI is InChI=1S/C33H50O/c1-27(2)25-32(7)21-11-19-30(5)17-9-15-28(3)13-8-14-29(4)16-10-18-31(6)20-12-22-33-23-24-34-26-33/h13,16-17,20-21,23-26H,8-12,14-15,18-19,22H2,1-7H3. The minimum absolute atomic E-state index is 1.07. The molecular formula is C33H50O. The van der Waals surface area contributed by atoms with Crippen LogP contribution in [0, 0.1) is 0 Å². The molecule has 1 aromatic heterocycles. The molecule has 0 saturated carbocycles. The first-order chi connectivity index (χ1) is 16.3. The van der Waals surface area contributed by atoms with Gasteiger partial charge in [0.2, 0.25) is 0 Å². The van der Waals surface area contributed by atoms with E-state index < -0.39 is 0 Å². The summed E-state index contributed by atoms with van der Waals surface area (Å²) in [6.07, 6.45) is 29.3. The second kappa shape index (κ2) is 18.1. The molecule has 34 heavy (non-hydrogen) atoms. The zero-order valence-corrected chi connectivity index (χ0v) is 23.2. The predicted molar refractivity (Wildman–Crippen MR) is 152 cm³/mol. The smallest absolute Gasteiger partial charge is 0.0934 e. The number of hydrogen-bond acceptors (Lipinski definition) is 1. The number of allylic oxidation sites excluding steroid dienone is 12. The number of rotatable bonds is 16. The van der Waals surface area contributed by atoms with Crippen molar-refractivity contribution in [2.75, 3.05) is 0 Å². The fraction of sp³-hybridized carbons (Fsp3) is 0.515. The zero-order chi connectivity index (χ0) is 25.2. The molecule has 1 rings (SSSR count). The molecule has 188 valence electrons. The summed E-state index contributed by atoms with van der Waals surface area (Å²) < 4.78 is 5.13. The van der Waals surface area contributed by atoms with Crippen LogP contribution < -0.4 is 0 Å². The van der Waals surface area contributed by atoms with Gasteiger partial charge in [0.1, 0.15) is 0 Å². The summed E-state index contributed by atoms with van der Waals surface area (Å²) in [4.78, 5) is 0. The summed E-state index contributed by atoms with van der Waals surface area (Å²) in [7, 11) is 0. The van der Waals surface area contributed by atoms with Crippen LogP contribution >= 0.6 is 0 Å². The Labute approximate surface area is 211 Å². The molecule has 0 radical (unpaired) electrons. The third-order valence-corrected chi connectivity index (χ3v) is 6.12. The molecular weight excluding hydrogens is 412 g/mol. The fourth-order valence-electron chi connectivity index (χ4n) is 4.01. The van der Waals surface area contributed by atoms with Crippen molar-refractivity contribution < 1.29 is 4.42 Å². The van der Waals surface area contributed by atoms with Crippen LogP contribution in [0.1, 0.15) is 112 Å². The van der Waals surface area contributed by atoms with E-state index in [2.05, 4.69) is 91.0 Å². The largest absolute Gasteiger partial charge is 0.472 e. The van der Waals surface area contributed by atoms with E-state index in [0.29, 0.717) is 0 Å². The van der Waals surface area contributed by atoms with Gasteiger partial charge >= 0.3 is 0 Å². The Bertz CT molecular complexity index is 862. The number of aryl methyl sites for hydroxylation is 1. The molecule has 0 unspecified atom stereocenters. The maximum absolute atomic E-state index is 5.13. The topological polar surface area (TPSA) is 13.1 Å². The van der Waals surface area contributed by atoms with E-state index in [4.69, 9.17) is 4.42 Å². The Morgan fingerprint density at radius 1 is 0.618 bits per heavy atom. The monoisotopic (exact) mass is 462 g/mol. The molecule has 1 nitrogen and oxygen atoms in total. The highest BCUT2D eigenvalue weighted by Crippen LogP contribution is 2.15. The molecule has 1 heterocycles. The van der Waals surface area contributed by atoms with E-state index in [0.717, 1.165) is 44.9 Å². The predicted octanol–water partition coefficient (Wildman–Crippen LogP) is 11.0. The molecule has 0 spiro atoms. The van der Waals surface area contributed by atoms with Crippen molar-refractivity contribution in [1.82, 2.24) is 0 Å². The van der Waals surface area contributed by atoms with E-state index in [9.17, 15) is 0 Å². The maximum Gasteiger partial charge on any atom is 0.0934 e. The molecule has 0 saturated heterocycles. The zero-order valence-electron chi connectivity index (χ0n) is 23.2. The third kappa shape index (κ3) is 16.4. The molecule has 0 aromatic carbocycles. The van der Waals surface area contributed by atoms with Crippen LogP contribution in [0.3, 0.4) is 0 Å². The summed E-state index contributed by atoms with van der Waals surface area (Å²) in [6.45, 7) is 15.6. The van der Waals surface area contributed by atoms with E-state index in [1.807, 2.05) is 6.26 Å². The minimum Gasteiger partial charge on any atom is -0.472 e. The molecule has 0 bridgehead atoms. The van der Waals surface area contributed by atoms with Gasteiger partial charge in [0.15, 0.2) is 0 Å². The van der Waals surface area contributed by atoms with Gasteiger partial charge in [-0.25, -0.2) is 0 Å². The first-order valence-corrected chi connectivity index (χ1v) is 13.2. The Kier molecular flexibility index (Phi) is 15.8. The van der Waals surface area contributed by atoms with Crippen molar-refractivity contribution in [2.24, 2.45) is 0 Å². The molecule has 0 N–H and O–H groups in total. The minimum atomic E-state index is 1.07. The van der Waals surface area contributed by atoms with Crippen LogP contribution in [0.2, 0.25) is 0 Å². The molecule has 0 amide bonds. The normalized spacial score (nSPS) is 14.0. The lowest BCUT2D eigenvalue weighted by Crippen LogP contribution is -1.84. The highest BCUT2D eigenvalue weighted by atomic mass is 16.3. The quantitative estimate of drug-likeness (QED) is 0.176. The van der Waals surface area contributed by atoms with Crippen molar-refractivity contribution in [3.63, 3.8) is 0 Å². The summed E-state index contributed by atoms with van der Waals surface area (Å²) in [5.41, 5.74) is 10.1. The van der Waals surface area contributed by atoms with Gasteiger partial charge in [0.25, 0.3) is 0 Å². The summed E-state index contributed by atoms with van der Waals surface area (Å²) in [5, 5.41) is 0. The van der Waals surface area contributed by atoms with Crippen LogP contribution in [0.15, 0.2) is 92.9 Å². The van der Waals surface area contributed by atoms with Crippen LogP contribution in [-0.2, 0) is 6.42 Å². The number of furan rings is 1. The van der Waals surface area contributed by atoms with E-state index in [-0.39, 0.29) is 0 Å². The summed E-state index contributed by atoms with van der Waals surface area (Å²) in [6, 6.07) is 2.05. The second-order valence-electron chi connectivity index (χ2n) is 10.2. The average Bonchev–Trinajstić information content (AvgIpc) is 3.26. The molecule has 1 heteroatoms. The van der Waals surface area contributed by atoms with Gasteiger partial charge in [0.05, 0.1) is 12.5 Å². The summed E-state index contributed by atoms with van der Waals surface area (Å²) >= 11 is 0. The summed E-state index contributed by atoms with van der Waals surface area (Å²) in [5.74, 6) is 0. The average molecular weight is 463 g/mol. The Morgan fingerprint density at radius 3 is 1.47 bits per heavy atom. The Hall–Kier alpha value is -2.28. The van der Waals surface area contributed by atoms with Crippen LogP contribution in [0.25, 0.3) is 0 Å². The van der Waals surface area contributed by atoms with Gasteiger partial charge in [-0.15, -0.1) is 0 Å². The third-order valence-electron chi connectivity index (χ3n) is 6.12. The van der Waals surface area contributed by atoms with Gasteiger partial charge in [0, 0.05) is 0 Å². The van der Waals surface area contributed by atoms with Gasteiger partial charge in [-0.2, -0.15) is 0 Å². The van der Waals surface area contributed by atoms with Gasteiger partial charge < -0.3 is 4.42 Å². The maximum atomic E-state index is 5.13. The first-order valence-electron chi connectivity index (χ1n) is 13.2. The molecule has 0 atom stereocenters. The van der Waals surface area contributed by atoms with Gasteiger partial charge in [-0.05, 0) is 124 Å². The van der Waals surface area contributed by atoms with Crippen LogP contribution in [-0.4, -0.2) is 0 Å². The molecule has 0 aliphatic heterocycles. The Morgan fingerprint density at radius 2 is 1.06 bits per heavy atom. The molecule has 1 aromatic rings. The van der Waals surface area contributed by atoms with E-state index >= 15 is 0 Å². The van der Waals surface area contributed by atoms with Crippen LogP contribution in [0.4, 0.5) is 0 Å². The lowest BCUT2D eigenvalue weighted by atomic mass is 10.0. The van der Waals surface area contributed by atoms with Crippen molar-refractivity contribution in [3.05, 3.63) is 94.1 Å². The van der Waals surface area contributed by atoms with E-state index in [1.54, 1.807) is 6.26 Å².